The molecular formula is C17H22N2S. The van der Waals surface area contributed by atoms with Gasteiger partial charge in [-0.2, -0.15) is 0 Å². The summed E-state index contributed by atoms with van der Waals surface area (Å²) in [6, 6.07) is 13.5. The molecule has 3 heteroatoms. The van der Waals surface area contributed by atoms with Crippen molar-refractivity contribution in [2.75, 3.05) is 20.1 Å². The van der Waals surface area contributed by atoms with E-state index in [1.807, 2.05) is 11.3 Å². The van der Waals surface area contributed by atoms with E-state index in [1.54, 1.807) is 10.4 Å². The SMILES string of the molecule is CNC(CCN1CCc2sccc2C1)c1ccccc1. The van der Waals surface area contributed by atoms with Gasteiger partial charge in [0.2, 0.25) is 0 Å². The molecule has 0 amide bonds. The lowest BCUT2D eigenvalue weighted by molar-refractivity contribution is 0.242. The summed E-state index contributed by atoms with van der Waals surface area (Å²) >= 11 is 1.91. The van der Waals surface area contributed by atoms with E-state index in [4.69, 9.17) is 0 Å². The molecule has 2 heterocycles. The van der Waals surface area contributed by atoms with Gasteiger partial charge in [-0.15, -0.1) is 11.3 Å². The van der Waals surface area contributed by atoms with E-state index in [9.17, 15) is 0 Å². The zero-order valence-electron chi connectivity index (χ0n) is 12.0. The van der Waals surface area contributed by atoms with Crippen molar-refractivity contribution in [3.8, 4) is 0 Å². The average Bonchev–Trinajstić information content (AvgIpc) is 2.96. The highest BCUT2D eigenvalue weighted by Gasteiger charge is 2.18. The van der Waals surface area contributed by atoms with Gasteiger partial charge in [0.1, 0.15) is 0 Å². The Morgan fingerprint density at radius 3 is 2.90 bits per heavy atom. The highest BCUT2D eigenvalue weighted by Crippen LogP contribution is 2.25. The molecule has 106 valence electrons. The number of nitrogens with zero attached hydrogens (tertiary/aromatic N) is 1. The molecule has 1 N–H and O–H groups in total. The summed E-state index contributed by atoms with van der Waals surface area (Å²) in [6.07, 6.45) is 2.39. The first-order valence-electron chi connectivity index (χ1n) is 7.36. The van der Waals surface area contributed by atoms with E-state index >= 15 is 0 Å². The summed E-state index contributed by atoms with van der Waals surface area (Å²) in [5, 5.41) is 5.68. The zero-order valence-corrected chi connectivity index (χ0v) is 12.8. The third kappa shape index (κ3) is 3.11. The van der Waals surface area contributed by atoms with Crippen molar-refractivity contribution >= 4 is 11.3 Å². The topological polar surface area (TPSA) is 15.3 Å². The van der Waals surface area contributed by atoms with Crippen LogP contribution in [0.3, 0.4) is 0 Å². The number of benzene rings is 1. The molecule has 0 saturated carbocycles. The molecule has 0 bridgehead atoms. The van der Waals surface area contributed by atoms with Gasteiger partial charge in [0.25, 0.3) is 0 Å². The normalized spacial score (nSPS) is 16.9. The Kier molecular flexibility index (Phi) is 4.51. The van der Waals surface area contributed by atoms with Crippen LogP contribution in [-0.4, -0.2) is 25.0 Å². The van der Waals surface area contributed by atoms with E-state index in [1.165, 1.54) is 24.9 Å². The molecule has 0 saturated heterocycles. The molecule has 0 aliphatic carbocycles. The lowest BCUT2D eigenvalue weighted by Crippen LogP contribution is -2.32. The maximum atomic E-state index is 3.45. The van der Waals surface area contributed by atoms with Crippen molar-refractivity contribution in [1.82, 2.24) is 10.2 Å². The number of hydrogen-bond acceptors (Lipinski definition) is 3. The van der Waals surface area contributed by atoms with Crippen molar-refractivity contribution < 1.29 is 0 Å². The van der Waals surface area contributed by atoms with E-state index in [0.29, 0.717) is 6.04 Å². The molecule has 2 nitrogen and oxygen atoms in total. The van der Waals surface area contributed by atoms with Gasteiger partial charge in [-0.3, -0.25) is 4.90 Å². The van der Waals surface area contributed by atoms with Crippen LogP contribution in [0.25, 0.3) is 0 Å². The van der Waals surface area contributed by atoms with Crippen molar-refractivity contribution in [1.29, 1.82) is 0 Å². The summed E-state index contributed by atoms with van der Waals surface area (Å²) in [4.78, 5) is 4.18. The fourth-order valence-electron chi connectivity index (χ4n) is 2.97. The van der Waals surface area contributed by atoms with Gasteiger partial charge in [-0.25, -0.2) is 0 Å². The fraction of sp³-hybridized carbons (Fsp3) is 0.412. The third-order valence-corrected chi connectivity index (χ3v) is 5.19. The lowest BCUT2D eigenvalue weighted by atomic mass is 10.0. The number of hydrogen-bond donors (Lipinski definition) is 1. The monoisotopic (exact) mass is 286 g/mol. The second-order valence-electron chi connectivity index (χ2n) is 5.44. The molecule has 0 spiro atoms. The summed E-state index contributed by atoms with van der Waals surface area (Å²) in [5.41, 5.74) is 2.94. The summed E-state index contributed by atoms with van der Waals surface area (Å²) in [5.74, 6) is 0. The minimum Gasteiger partial charge on any atom is -0.313 e. The van der Waals surface area contributed by atoms with Crippen LogP contribution in [0.4, 0.5) is 0 Å². The maximum absolute atomic E-state index is 3.45. The molecule has 1 aromatic carbocycles. The Labute approximate surface area is 125 Å². The molecule has 2 aromatic rings. The van der Waals surface area contributed by atoms with Gasteiger partial charge >= 0.3 is 0 Å². The highest BCUT2D eigenvalue weighted by atomic mass is 32.1. The van der Waals surface area contributed by atoms with Gasteiger partial charge in [0, 0.05) is 30.6 Å². The average molecular weight is 286 g/mol. The van der Waals surface area contributed by atoms with Crippen molar-refractivity contribution in [3.05, 3.63) is 57.8 Å². The Morgan fingerprint density at radius 2 is 2.10 bits per heavy atom. The molecule has 1 aliphatic heterocycles. The number of nitrogens with one attached hydrogen (secondary N) is 1. The van der Waals surface area contributed by atoms with Gasteiger partial charge in [0.15, 0.2) is 0 Å². The largest absolute Gasteiger partial charge is 0.313 e. The van der Waals surface area contributed by atoms with Crippen LogP contribution < -0.4 is 5.32 Å². The zero-order chi connectivity index (χ0) is 13.8. The first-order valence-corrected chi connectivity index (χ1v) is 8.24. The molecule has 0 fully saturated rings. The smallest absolute Gasteiger partial charge is 0.0329 e. The van der Waals surface area contributed by atoms with Crippen molar-refractivity contribution in [2.45, 2.75) is 25.4 Å². The first kappa shape index (κ1) is 13.8. The molecule has 1 aliphatic rings. The lowest BCUT2D eigenvalue weighted by Gasteiger charge is -2.28. The van der Waals surface area contributed by atoms with Crippen LogP contribution >= 0.6 is 11.3 Å². The third-order valence-electron chi connectivity index (χ3n) is 4.17. The number of fused-ring (bicyclic) bond motifs is 1. The van der Waals surface area contributed by atoms with Crippen molar-refractivity contribution in [3.63, 3.8) is 0 Å². The second kappa shape index (κ2) is 6.53. The second-order valence-corrected chi connectivity index (χ2v) is 6.44. The predicted octanol–water partition coefficient (Wildman–Crippen LogP) is 3.46. The van der Waals surface area contributed by atoms with E-state index in [2.05, 4.69) is 59.0 Å². The highest BCUT2D eigenvalue weighted by molar-refractivity contribution is 7.10. The van der Waals surface area contributed by atoms with Gasteiger partial charge in [-0.1, -0.05) is 30.3 Å². The van der Waals surface area contributed by atoms with Crippen LogP contribution in [0, 0.1) is 0 Å². The molecule has 1 aromatic heterocycles. The first-order chi connectivity index (χ1) is 9.86. The Balaban J connectivity index is 1.57. The molecular weight excluding hydrogens is 264 g/mol. The van der Waals surface area contributed by atoms with Crippen molar-refractivity contribution in [2.24, 2.45) is 0 Å². The molecule has 3 rings (SSSR count). The maximum Gasteiger partial charge on any atom is 0.0329 e. The molecule has 20 heavy (non-hydrogen) atoms. The molecule has 1 unspecified atom stereocenters. The minimum absolute atomic E-state index is 0.458. The van der Waals surface area contributed by atoms with E-state index in [0.717, 1.165) is 13.1 Å². The van der Waals surface area contributed by atoms with Crippen LogP contribution in [0.2, 0.25) is 0 Å². The quantitative estimate of drug-likeness (QED) is 0.905. The van der Waals surface area contributed by atoms with Crippen LogP contribution in [0.1, 0.15) is 28.5 Å². The minimum atomic E-state index is 0.458. The van der Waals surface area contributed by atoms with Gasteiger partial charge < -0.3 is 5.32 Å². The number of thiophene rings is 1. The molecule has 1 atom stereocenters. The summed E-state index contributed by atoms with van der Waals surface area (Å²) in [6.45, 7) is 3.50. The molecule has 0 radical (unpaired) electrons. The van der Waals surface area contributed by atoms with Crippen LogP contribution in [0.5, 0.6) is 0 Å². The standard InChI is InChI=1S/C17H22N2S/c1-18-16(14-5-3-2-4-6-14)7-10-19-11-8-17-15(13-19)9-12-20-17/h2-6,9,12,16,18H,7-8,10-11,13H2,1H3. The number of rotatable bonds is 5. The van der Waals surface area contributed by atoms with Crippen LogP contribution in [0.15, 0.2) is 41.8 Å². The summed E-state index contributed by atoms with van der Waals surface area (Å²) < 4.78 is 0. The fourth-order valence-corrected chi connectivity index (χ4v) is 3.86. The van der Waals surface area contributed by atoms with Crippen LogP contribution in [-0.2, 0) is 13.0 Å². The summed E-state index contributed by atoms with van der Waals surface area (Å²) in [7, 11) is 2.06. The van der Waals surface area contributed by atoms with E-state index < -0.39 is 0 Å². The Hall–Kier alpha value is -1.16. The Morgan fingerprint density at radius 1 is 1.25 bits per heavy atom. The van der Waals surface area contributed by atoms with Gasteiger partial charge in [0.05, 0.1) is 0 Å². The van der Waals surface area contributed by atoms with E-state index in [-0.39, 0.29) is 0 Å². The Bertz CT molecular complexity index is 535. The van der Waals surface area contributed by atoms with Gasteiger partial charge in [-0.05, 0) is 42.5 Å². The predicted molar refractivity (Wildman–Crippen MR) is 86.2 cm³/mol.